The number of nitro groups is 1. The second kappa shape index (κ2) is 10.3. The van der Waals surface area contributed by atoms with Crippen molar-refractivity contribution < 1.29 is 24.0 Å². The van der Waals surface area contributed by atoms with E-state index in [1.165, 1.54) is 37.0 Å². The van der Waals surface area contributed by atoms with Crippen molar-refractivity contribution in [3.8, 4) is 11.5 Å². The zero-order valence-corrected chi connectivity index (χ0v) is 20.0. The molecule has 0 aliphatic heterocycles. The van der Waals surface area contributed by atoms with E-state index >= 15 is 0 Å². The minimum Gasteiger partial charge on any atom is -0.493 e. The van der Waals surface area contributed by atoms with E-state index in [9.17, 15) is 19.7 Å². The number of hydrogen-bond donors (Lipinski definition) is 1. The van der Waals surface area contributed by atoms with Crippen LogP contribution >= 0.6 is 11.3 Å². The van der Waals surface area contributed by atoms with Crippen LogP contribution in [0.15, 0.2) is 40.8 Å². The van der Waals surface area contributed by atoms with Crippen molar-refractivity contribution >= 4 is 34.6 Å². The first-order valence-electron chi connectivity index (χ1n) is 10.1. The number of carbonyl (C=O) groups excluding carboxylic acids is 2. The number of nitrogens with one attached hydrogen (secondary N) is 1. The molecule has 1 amide bonds. The lowest BCUT2D eigenvalue weighted by molar-refractivity contribution is -0.386. The monoisotopic (exact) mass is 485 g/mol. The van der Waals surface area contributed by atoms with E-state index in [4.69, 9.17) is 9.47 Å². The van der Waals surface area contributed by atoms with Gasteiger partial charge >= 0.3 is 11.7 Å². The molecule has 34 heavy (non-hydrogen) atoms. The fourth-order valence-corrected chi connectivity index (χ4v) is 3.82. The van der Waals surface area contributed by atoms with E-state index in [2.05, 4.69) is 15.6 Å². The molecule has 1 atom stereocenters. The lowest BCUT2D eigenvalue weighted by Crippen LogP contribution is -2.29. The van der Waals surface area contributed by atoms with Gasteiger partial charge in [-0.1, -0.05) is 6.07 Å². The van der Waals surface area contributed by atoms with Gasteiger partial charge in [-0.15, -0.1) is 11.3 Å². The zero-order valence-electron chi connectivity index (χ0n) is 19.2. The van der Waals surface area contributed by atoms with Crippen molar-refractivity contribution in [1.82, 2.24) is 15.2 Å². The van der Waals surface area contributed by atoms with Crippen molar-refractivity contribution in [3.05, 3.63) is 67.7 Å². The van der Waals surface area contributed by atoms with E-state index < -0.39 is 22.8 Å². The van der Waals surface area contributed by atoms with Crippen LogP contribution < -0.4 is 14.9 Å². The summed E-state index contributed by atoms with van der Waals surface area (Å²) in [6.45, 7) is 6.31. The quantitative estimate of drug-likeness (QED) is 0.168. The maximum absolute atomic E-state index is 12.6. The van der Waals surface area contributed by atoms with Gasteiger partial charge in [-0.25, -0.2) is 10.2 Å². The molecule has 12 heteroatoms. The molecule has 0 saturated heterocycles. The average Bonchev–Trinajstić information content (AvgIpc) is 3.44. The summed E-state index contributed by atoms with van der Waals surface area (Å²) in [4.78, 5) is 36.0. The van der Waals surface area contributed by atoms with E-state index in [1.54, 1.807) is 49.6 Å². The topological polar surface area (TPSA) is 138 Å². The number of ether oxygens (including phenoxy) is 2. The van der Waals surface area contributed by atoms with Crippen LogP contribution in [-0.4, -0.2) is 39.4 Å². The van der Waals surface area contributed by atoms with Gasteiger partial charge in [0.2, 0.25) is 0 Å². The molecule has 0 bridgehead atoms. The Hall–Kier alpha value is -4.06. The Morgan fingerprint density at radius 2 is 2.00 bits per heavy atom. The second-order valence-electron chi connectivity index (χ2n) is 7.30. The Morgan fingerprint density at radius 3 is 2.59 bits per heavy atom. The van der Waals surface area contributed by atoms with Crippen LogP contribution in [0, 0.1) is 24.0 Å². The Morgan fingerprint density at radius 1 is 1.26 bits per heavy atom. The normalized spacial score (nSPS) is 12.2. The summed E-state index contributed by atoms with van der Waals surface area (Å²) in [6.07, 6.45) is 0. The molecule has 0 fully saturated rings. The Labute approximate surface area is 199 Å². The van der Waals surface area contributed by atoms with Gasteiger partial charge < -0.3 is 9.47 Å². The first kappa shape index (κ1) is 24.6. The third kappa shape index (κ3) is 5.12. The maximum atomic E-state index is 12.6. The number of hydrogen-bond acceptors (Lipinski definition) is 9. The van der Waals surface area contributed by atoms with E-state index in [-0.39, 0.29) is 22.8 Å². The molecule has 178 valence electrons. The molecule has 3 aromatic rings. The fourth-order valence-electron chi connectivity index (χ4n) is 3.23. The number of rotatable bonds is 8. The van der Waals surface area contributed by atoms with Gasteiger partial charge in [0.25, 0.3) is 5.91 Å². The first-order chi connectivity index (χ1) is 16.1. The number of thiophene rings is 1. The van der Waals surface area contributed by atoms with Crippen LogP contribution in [0.4, 0.5) is 5.69 Å². The number of amides is 1. The zero-order chi connectivity index (χ0) is 25.0. The highest BCUT2D eigenvalue weighted by atomic mass is 32.1. The van der Waals surface area contributed by atoms with Crippen molar-refractivity contribution in [2.24, 2.45) is 5.10 Å². The summed E-state index contributed by atoms with van der Waals surface area (Å²) < 4.78 is 12.1. The van der Waals surface area contributed by atoms with E-state index in [1.807, 2.05) is 0 Å². The molecular formula is C22H23N5O6S. The lowest BCUT2D eigenvalue weighted by Gasteiger charge is -2.13. The Balaban J connectivity index is 1.73. The van der Waals surface area contributed by atoms with Crippen molar-refractivity contribution in [1.29, 1.82) is 0 Å². The highest BCUT2D eigenvalue weighted by molar-refractivity contribution is 7.12. The summed E-state index contributed by atoms with van der Waals surface area (Å²) in [6, 6.07) is 7.50. The second-order valence-corrected chi connectivity index (χ2v) is 8.25. The van der Waals surface area contributed by atoms with Crippen molar-refractivity contribution in [2.75, 3.05) is 7.11 Å². The summed E-state index contributed by atoms with van der Waals surface area (Å²) in [5, 5.41) is 21.2. The molecule has 0 saturated carbocycles. The minimum atomic E-state index is -0.822. The van der Waals surface area contributed by atoms with Crippen molar-refractivity contribution in [2.45, 2.75) is 33.7 Å². The Kier molecular flexibility index (Phi) is 7.41. The third-order valence-corrected chi connectivity index (χ3v) is 5.91. The third-order valence-electron chi connectivity index (χ3n) is 5.06. The predicted octanol–water partition coefficient (Wildman–Crippen LogP) is 3.80. The molecule has 0 spiro atoms. The molecule has 0 aliphatic carbocycles. The number of aromatic nitrogens is 2. The number of carbonyl (C=O) groups is 2. The highest BCUT2D eigenvalue weighted by Gasteiger charge is 2.27. The molecule has 3 rings (SSSR count). The SMILES string of the molecule is COc1cc(C(C)=NNC(=O)C(C)n2nc(C)c([N+](=O)[O-])c2C)ccc1OC(=O)c1cccs1. The molecule has 1 N–H and O–H groups in total. The summed E-state index contributed by atoms with van der Waals surface area (Å²) in [5.41, 5.74) is 3.95. The van der Waals surface area contributed by atoms with Gasteiger partial charge in [-0.2, -0.15) is 10.2 Å². The molecule has 1 unspecified atom stereocenters. The van der Waals surface area contributed by atoms with Crippen LogP contribution in [0.1, 0.15) is 46.5 Å². The van der Waals surface area contributed by atoms with Crippen LogP contribution in [0.2, 0.25) is 0 Å². The summed E-state index contributed by atoms with van der Waals surface area (Å²) in [7, 11) is 1.45. The highest BCUT2D eigenvalue weighted by Crippen LogP contribution is 2.30. The van der Waals surface area contributed by atoms with Crippen LogP contribution in [0.25, 0.3) is 0 Å². The number of benzene rings is 1. The maximum Gasteiger partial charge on any atom is 0.353 e. The van der Waals surface area contributed by atoms with Gasteiger partial charge in [0, 0.05) is 5.56 Å². The predicted molar refractivity (Wildman–Crippen MR) is 126 cm³/mol. The fraction of sp³-hybridized carbons (Fsp3) is 0.273. The Bertz CT molecular complexity index is 1270. The molecule has 2 heterocycles. The minimum absolute atomic E-state index is 0.119. The van der Waals surface area contributed by atoms with Gasteiger partial charge in [-0.3, -0.25) is 19.6 Å². The molecule has 2 aromatic heterocycles. The molecular weight excluding hydrogens is 462 g/mol. The largest absolute Gasteiger partial charge is 0.493 e. The van der Waals surface area contributed by atoms with E-state index in [0.717, 1.165) is 0 Å². The number of hydrazone groups is 1. The number of esters is 1. The standard InChI is InChI=1S/C22H23N5O6S/c1-12(23-24-21(28)15(4)26-14(3)20(27(30)31)13(2)25-26)16-8-9-17(18(11-16)32-5)33-22(29)19-7-6-10-34-19/h6-11,15H,1-5H3,(H,24,28). The number of aryl methyl sites for hydroxylation is 1. The van der Waals surface area contributed by atoms with Crippen LogP contribution in [-0.2, 0) is 4.79 Å². The molecule has 0 radical (unpaired) electrons. The smallest absolute Gasteiger partial charge is 0.353 e. The van der Waals surface area contributed by atoms with Crippen LogP contribution in [0.5, 0.6) is 11.5 Å². The van der Waals surface area contributed by atoms with E-state index in [0.29, 0.717) is 21.9 Å². The van der Waals surface area contributed by atoms with Gasteiger partial charge in [0.15, 0.2) is 11.5 Å². The van der Waals surface area contributed by atoms with Crippen LogP contribution in [0.3, 0.4) is 0 Å². The molecule has 0 aliphatic rings. The average molecular weight is 486 g/mol. The van der Waals surface area contributed by atoms with Gasteiger partial charge in [-0.05, 0) is 57.3 Å². The lowest BCUT2D eigenvalue weighted by atomic mass is 10.1. The summed E-state index contributed by atoms with van der Waals surface area (Å²) in [5.74, 6) is -0.404. The van der Waals surface area contributed by atoms with Gasteiger partial charge in [0.1, 0.15) is 22.3 Å². The van der Waals surface area contributed by atoms with Crippen molar-refractivity contribution in [3.63, 3.8) is 0 Å². The molecule has 1 aromatic carbocycles. The first-order valence-corrected chi connectivity index (χ1v) is 11.0. The number of methoxy groups -OCH3 is 1. The number of nitrogens with zero attached hydrogens (tertiary/aromatic N) is 4. The van der Waals surface area contributed by atoms with Gasteiger partial charge in [0.05, 0.1) is 17.7 Å². The molecule has 11 nitrogen and oxygen atoms in total. The summed E-state index contributed by atoms with van der Waals surface area (Å²) >= 11 is 1.27.